The maximum atomic E-state index is 12.8. The molecule has 0 unspecified atom stereocenters. The molecule has 0 aliphatic rings. The van der Waals surface area contributed by atoms with Crippen molar-refractivity contribution in [1.29, 1.82) is 0 Å². The number of nitrogens with zero attached hydrogens (tertiary/aromatic N) is 3. The Morgan fingerprint density at radius 1 is 1.10 bits per heavy atom. The van der Waals surface area contributed by atoms with Gasteiger partial charge in [-0.3, -0.25) is 0 Å². The Kier molecular flexibility index (Phi) is 3.73. The Labute approximate surface area is 119 Å². The largest absolute Gasteiger partial charge is 0.338 e. The van der Waals surface area contributed by atoms with Gasteiger partial charge in [0.05, 0.1) is 10.8 Å². The third-order valence-corrected chi connectivity index (χ3v) is 3.48. The normalized spacial score (nSPS) is 10.7. The van der Waals surface area contributed by atoms with Gasteiger partial charge in [0.2, 0.25) is 11.7 Å². The number of hydrogen-bond donors (Lipinski definition) is 0. The molecule has 0 aliphatic carbocycles. The lowest BCUT2D eigenvalue weighted by molar-refractivity contribution is 0.391. The van der Waals surface area contributed by atoms with Gasteiger partial charge >= 0.3 is 0 Å². The van der Waals surface area contributed by atoms with E-state index in [0.29, 0.717) is 17.5 Å². The van der Waals surface area contributed by atoms with Crippen molar-refractivity contribution < 1.29 is 8.91 Å². The molecule has 0 aliphatic heterocycles. The molecule has 0 saturated heterocycles. The zero-order valence-corrected chi connectivity index (χ0v) is 11.2. The molecular weight excluding hydrogens is 277 g/mol. The molecule has 100 valence electrons. The summed E-state index contributed by atoms with van der Waals surface area (Å²) in [6.45, 7) is 0. The van der Waals surface area contributed by atoms with E-state index in [4.69, 9.17) is 4.52 Å². The number of benzene rings is 1. The van der Waals surface area contributed by atoms with E-state index in [1.54, 1.807) is 18.3 Å². The van der Waals surface area contributed by atoms with Crippen LogP contribution in [0, 0.1) is 5.82 Å². The van der Waals surface area contributed by atoms with Crippen LogP contribution in [0.5, 0.6) is 0 Å². The molecule has 4 nitrogen and oxygen atoms in total. The average molecular weight is 287 g/mol. The summed E-state index contributed by atoms with van der Waals surface area (Å²) in [5, 5.41) is 4.78. The van der Waals surface area contributed by atoms with Gasteiger partial charge in [-0.2, -0.15) is 4.98 Å². The first-order valence-corrected chi connectivity index (χ1v) is 6.92. The highest BCUT2D eigenvalue weighted by molar-refractivity contribution is 7.98. The van der Waals surface area contributed by atoms with E-state index >= 15 is 0 Å². The van der Waals surface area contributed by atoms with E-state index < -0.39 is 0 Å². The zero-order valence-electron chi connectivity index (χ0n) is 10.4. The van der Waals surface area contributed by atoms with Gasteiger partial charge in [0.25, 0.3) is 0 Å². The van der Waals surface area contributed by atoms with Crippen LogP contribution in [-0.4, -0.2) is 15.1 Å². The predicted molar refractivity (Wildman–Crippen MR) is 73.5 cm³/mol. The summed E-state index contributed by atoms with van der Waals surface area (Å²) >= 11 is 1.52. The Bertz CT molecular complexity index is 685. The van der Waals surface area contributed by atoms with Crippen LogP contribution in [0.1, 0.15) is 5.89 Å². The van der Waals surface area contributed by atoms with Crippen molar-refractivity contribution in [2.45, 2.75) is 10.8 Å². The summed E-state index contributed by atoms with van der Waals surface area (Å²) in [5.74, 6) is 1.23. The molecule has 0 radical (unpaired) electrons. The quantitative estimate of drug-likeness (QED) is 0.687. The Balaban J connectivity index is 1.69. The summed E-state index contributed by atoms with van der Waals surface area (Å²) in [7, 11) is 0. The Morgan fingerprint density at radius 2 is 1.95 bits per heavy atom. The van der Waals surface area contributed by atoms with Crippen molar-refractivity contribution in [3.05, 3.63) is 60.4 Å². The topological polar surface area (TPSA) is 51.8 Å². The molecule has 2 heterocycles. The smallest absolute Gasteiger partial charge is 0.237 e. The summed E-state index contributed by atoms with van der Waals surface area (Å²) in [6.07, 6.45) is 1.74. The van der Waals surface area contributed by atoms with Crippen LogP contribution in [-0.2, 0) is 5.75 Å². The molecule has 0 bridgehead atoms. The van der Waals surface area contributed by atoms with Gasteiger partial charge < -0.3 is 4.52 Å². The fourth-order valence-electron chi connectivity index (χ4n) is 1.60. The van der Waals surface area contributed by atoms with Crippen molar-refractivity contribution >= 4 is 11.8 Å². The molecule has 0 atom stereocenters. The Morgan fingerprint density at radius 3 is 2.70 bits per heavy atom. The zero-order chi connectivity index (χ0) is 13.8. The Hall–Kier alpha value is -2.21. The van der Waals surface area contributed by atoms with E-state index in [9.17, 15) is 4.39 Å². The molecule has 0 saturated carbocycles. The van der Waals surface area contributed by atoms with Crippen molar-refractivity contribution in [2.24, 2.45) is 0 Å². The molecule has 0 N–H and O–H groups in total. The van der Waals surface area contributed by atoms with Gasteiger partial charge in [-0.05, 0) is 36.4 Å². The molecule has 3 aromatic rings. The highest BCUT2D eigenvalue weighted by Gasteiger charge is 2.09. The lowest BCUT2D eigenvalue weighted by Gasteiger charge is -1.95. The van der Waals surface area contributed by atoms with Crippen LogP contribution in [0.4, 0.5) is 4.39 Å². The second-order valence-corrected chi connectivity index (χ2v) is 4.97. The minimum atomic E-state index is -0.289. The van der Waals surface area contributed by atoms with Crippen molar-refractivity contribution in [3.8, 4) is 11.4 Å². The van der Waals surface area contributed by atoms with Crippen molar-refractivity contribution in [1.82, 2.24) is 15.1 Å². The van der Waals surface area contributed by atoms with Gasteiger partial charge in [0.15, 0.2) is 0 Å². The summed E-state index contributed by atoms with van der Waals surface area (Å²) in [5.41, 5.74) is 0.726. The van der Waals surface area contributed by atoms with Crippen LogP contribution in [0.2, 0.25) is 0 Å². The standard InChI is InChI=1S/C14H10FN3OS/c15-11-6-4-10(5-7-11)14-17-12(19-18-14)9-20-13-3-1-2-8-16-13/h1-8H,9H2. The van der Waals surface area contributed by atoms with Gasteiger partial charge in [-0.25, -0.2) is 9.37 Å². The van der Waals surface area contributed by atoms with Crippen LogP contribution >= 0.6 is 11.8 Å². The molecule has 20 heavy (non-hydrogen) atoms. The second kappa shape index (κ2) is 5.83. The SMILES string of the molecule is Fc1ccc(-c2noc(CSc3ccccn3)n2)cc1. The van der Waals surface area contributed by atoms with E-state index in [-0.39, 0.29) is 5.82 Å². The number of thioether (sulfide) groups is 1. The summed E-state index contributed by atoms with van der Waals surface area (Å²) in [4.78, 5) is 8.48. The predicted octanol–water partition coefficient (Wildman–Crippen LogP) is 3.56. The van der Waals surface area contributed by atoms with Gasteiger partial charge in [-0.15, -0.1) is 0 Å². The summed E-state index contributed by atoms with van der Waals surface area (Å²) < 4.78 is 18.0. The third kappa shape index (κ3) is 3.03. The number of rotatable bonds is 4. The summed E-state index contributed by atoms with van der Waals surface area (Å²) in [6, 6.07) is 11.7. The first kappa shape index (κ1) is 12.8. The molecule has 1 aromatic carbocycles. The van der Waals surface area contributed by atoms with E-state index in [2.05, 4.69) is 15.1 Å². The fraction of sp³-hybridized carbons (Fsp3) is 0.0714. The number of pyridine rings is 1. The van der Waals surface area contributed by atoms with Crippen molar-refractivity contribution in [2.75, 3.05) is 0 Å². The molecule has 0 amide bonds. The first-order valence-electron chi connectivity index (χ1n) is 5.93. The molecular formula is C14H10FN3OS. The van der Waals surface area contributed by atoms with Gasteiger partial charge in [0, 0.05) is 11.8 Å². The third-order valence-electron chi connectivity index (χ3n) is 2.55. The fourth-order valence-corrected chi connectivity index (χ4v) is 2.30. The number of aromatic nitrogens is 3. The molecule has 0 spiro atoms. The lowest BCUT2D eigenvalue weighted by atomic mass is 10.2. The molecule has 6 heteroatoms. The molecule has 0 fully saturated rings. The maximum Gasteiger partial charge on any atom is 0.237 e. The molecule has 2 aromatic heterocycles. The highest BCUT2D eigenvalue weighted by Crippen LogP contribution is 2.21. The lowest BCUT2D eigenvalue weighted by Crippen LogP contribution is -1.84. The molecule has 3 rings (SSSR count). The number of hydrogen-bond acceptors (Lipinski definition) is 5. The highest BCUT2D eigenvalue weighted by atomic mass is 32.2. The minimum Gasteiger partial charge on any atom is -0.338 e. The van der Waals surface area contributed by atoms with Gasteiger partial charge in [-0.1, -0.05) is 23.0 Å². The second-order valence-electron chi connectivity index (χ2n) is 3.98. The average Bonchev–Trinajstić information content (AvgIpc) is 2.96. The van der Waals surface area contributed by atoms with E-state index in [0.717, 1.165) is 10.6 Å². The maximum absolute atomic E-state index is 12.8. The van der Waals surface area contributed by atoms with Crippen LogP contribution in [0.25, 0.3) is 11.4 Å². The van der Waals surface area contributed by atoms with Crippen LogP contribution < -0.4 is 0 Å². The van der Waals surface area contributed by atoms with Crippen LogP contribution in [0.15, 0.2) is 58.2 Å². The minimum absolute atomic E-state index is 0.289. The van der Waals surface area contributed by atoms with Crippen LogP contribution in [0.3, 0.4) is 0 Å². The van der Waals surface area contributed by atoms with Crippen molar-refractivity contribution in [3.63, 3.8) is 0 Å². The first-order chi connectivity index (χ1) is 9.81. The number of halogens is 1. The van der Waals surface area contributed by atoms with Gasteiger partial charge in [0.1, 0.15) is 5.82 Å². The monoisotopic (exact) mass is 287 g/mol. The van der Waals surface area contributed by atoms with E-state index in [1.165, 1.54) is 23.9 Å². The van der Waals surface area contributed by atoms with E-state index in [1.807, 2.05) is 18.2 Å².